The van der Waals surface area contributed by atoms with Crippen molar-refractivity contribution in [2.75, 3.05) is 18.6 Å². The first kappa shape index (κ1) is 10.9. The molecule has 1 aliphatic heterocycles. The van der Waals surface area contributed by atoms with Crippen molar-refractivity contribution in [3.05, 3.63) is 29.6 Å². The van der Waals surface area contributed by atoms with Crippen LogP contribution in [0.5, 0.6) is 0 Å². The van der Waals surface area contributed by atoms with Gasteiger partial charge in [-0.15, -0.1) is 0 Å². The molecule has 0 N–H and O–H groups in total. The van der Waals surface area contributed by atoms with Crippen molar-refractivity contribution in [2.24, 2.45) is 0 Å². The zero-order valence-corrected chi connectivity index (χ0v) is 9.37. The normalized spacial score (nSPS) is 18.4. The van der Waals surface area contributed by atoms with Gasteiger partial charge in [-0.05, 0) is 30.7 Å². The second kappa shape index (κ2) is 4.12. The van der Waals surface area contributed by atoms with Gasteiger partial charge < -0.3 is 9.64 Å². The Morgan fingerprint density at radius 3 is 3.06 bits per heavy atom. The summed E-state index contributed by atoms with van der Waals surface area (Å²) in [5.41, 5.74) is 1.76. The SMILES string of the molecule is CCOC(=O)C1Cc2cc(F)ccc2N1C. The maximum absolute atomic E-state index is 13.0. The monoisotopic (exact) mass is 223 g/mol. The first-order valence-corrected chi connectivity index (χ1v) is 5.31. The summed E-state index contributed by atoms with van der Waals surface area (Å²) >= 11 is 0. The molecule has 0 aliphatic carbocycles. The Hall–Kier alpha value is -1.58. The minimum Gasteiger partial charge on any atom is -0.464 e. The minimum atomic E-state index is -0.322. The van der Waals surface area contributed by atoms with Gasteiger partial charge in [-0.25, -0.2) is 9.18 Å². The number of fused-ring (bicyclic) bond motifs is 1. The molecule has 1 aromatic carbocycles. The fraction of sp³-hybridized carbons (Fsp3) is 0.417. The van der Waals surface area contributed by atoms with Crippen LogP contribution in [0.25, 0.3) is 0 Å². The number of anilines is 1. The van der Waals surface area contributed by atoms with E-state index in [0.717, 1.165) is 11.3 Å². The van der Waals surface area contributed by atoms with Gasteiger partial charge in [0.25, 0.3) is 0 Å². The van der Waals surface area contributed by atoms with E-state index in [2.05, 4.69) is 0 Å². The molecule has 0 saturated heterocycles. The maximum Gasteiger partial charge on any atom is 0.329 e. The number of hydrogen-bond acceptors (Lipinski definition) is 3. The van der Waals surface area contributed by atoms with E-state index in [-0.39, 0.29) is 17.8 Å². The molecule has 1 atom stereocenters. The molecule has 0 amide bonds. The van der Waals surface area contributed by atoms with Crippen molar-refractivity contribution in [3.63, 3.8) is 0 Å². The Labute approximate surface area is 93.8 Å². The summed E-state index contributed by atoms with van der Waals surface area (Å²) in [7, 11) is 1.82. The van der Waals surface area contributed by atoms with Crippen molar-refractivity contribution in [3.8, 4) is 0 Å². The molecular formula is C12H14FNO2. The number of carbonyl (C=O) groups is 1. The van der Waals surface area contributed by atoms with Crippen molar-refractivity contribution >= 4 is 11.7 Å². The van der Waals surface area contributed by atoms with Crippen LogP contribution < -0.4 is 4.90 Å². The van der Waals surface area contributed by atoms with E-state index >= 15 is 0 Å². The summed E-state index contributed by atoms with van der Waals surface area (Å²) < 4.78 is 18.0. The Balaban J connectivity index is 2.23. The smallest absolute Gasteiger partial charge is 0.329 e. The molecule has 2 rings (SSSR count). The molecule has 86 valence electrons. The Kier molecular flexibility index (Phi) is 2.81. The number of halogens is 1. The average molecular weight is 223 g/mol. The summed E-state index contributed by atoms with van der Waals surface area (Å²) in [5.74, 6) is -0.515. The highest BCUT2D eigenvalue weighted by atomic mass is 19.1. The Morgan fingerprint density at radius 2 is 2.38 bits per heavy atom. The van der Waals surface area contributed by atoms with Gasteiger partial charge in [-0.2, -0.15) is 0 Å². The first-order chi connectivity index (χ1) is 7.63. The van der Waals surface area contributed by atoms with Crippen LogP contribution >= 0.6 is 0 Å². The largest absolute Gasteiger partial charge is 0.464 e. The van der Waals surface area contributed by atoms with E-state index in [4.69, 9.17) is 4.74 Å². The van der Waals surface area contributed by atoms with Gasteiger partial charge in [0.05, 0.1) is 6.61 Å². The van der Waals surface area contributed by atoms with Crippen LogP contribution in [0.15, 0.2) is 18.2 Å². The molecule has 0 bridgehead atoms. The van der Waals surface area contributed by atoms with Gasteiger partial charge >= 0.3 is 5.97 Å². The fourth-order valence-electron chi connectivity index (χ4n) is 2.05. The number of nitrogens with zero attached hydrogens (tertiary/aromatic N) is 1. The Morgan fingerprint density at radius 1 is 1.62 bits per heavy atom. The highest BCUT2D eigenvalue weighted by Gasteiger charge is 2.33. The molecule has 16 heavy (non-hydrogen) atoms. The van der Waals surface area contributed by atoms with E-state index in [1.165, 1.54) is 12.1 Å². The van der Waals surface area contributed by atoms with E-state index in [9.17, 15) is 9.18 Å². The number of ether oxygens (including phenoxy) is 1. The molecule has 0 radical (unpaired) electrons. The van der Waals surface area contributed by atoms with E-state index in [1.54, 1.807) is 13.0 Å². The van der Waals surface area contributed by atoms with Crippen LogP contribution in [0.1, 0.15) is 12.5 Å². The third-order valence-corrected chi connectivity index (χ3v) is 2.86. The number of carbonyl (C=O) groups excluding carboxylic acids is 1. The molecule has 1 heterocycles. The van der Waals surface area contributed by atoms with Gasteiger partial charge in [0.15, 0.2) is 0 Å². The van der Waals surface area contributed by atoms with Crippen molar-refractivity contribution < 1.29 is 13.9 Å². The molecule has 4 heteroatoms. The third kappa shape index (κ3) is 1.75. The number of rotatable bonds is 2. The lowest BCUT2D eigenvalue weighted by molar-refractivity contribution is -0.144. The average Bonchev–Trinajstić information content (AvgIpc) is 2.56. The van der Waals surface area contributed by atoms with Gasteiger partial charge in [0.2, 0.25) is 0 Å². The molecule has 1 unspecified atom stereocenters. The number of hydrogen-bond donors (Lipinski definition) is 0. The van der Waals surface area contributed by atoms with Gasteiger partial charge in [0.1, 0.15) is 11.9 Å². The molecule has 1 aromatic rings. The van der Waals surface area contributed by atoms with Gasteiger partial charge in [0, 0.05) is 19.2 Å². The Bertz CT molecular complexity index is 419. The summed E-state index contributed by atoms with van der Waals surface area (Å²) in [5, 5.41) is 0. The number of benzene rings is 1. The lowest BCUT2D eigenvalue weighted by Gasteiger charge is -2.20. The quantitative estimate of drug-likeness (QED) is 0.715. The first-order valence-electron chi connectivity index (χ1n) is 5.31. The summed E-state index contributed by atoms with van der Waals surface area (Å²) in [6.07, 6.45) is 0.516. The van der Waals surface area contributed by atoms with Gasteiger partial charge in [-0.3, -0.25) is 0 Å². The summed E-state index contributed by atoms with van der Waals surface area (Å²) in [4.78, 5) is 13.5. The second-order valence-electron chi connectivity index (χ2n) is 3.86. The van der Waals surface area contributed by atoms with E-state index in [1.807, 2.05) is 11.9 Å². The van der Waals surface area contributed by atoms with Crippen LogP contribution in [0.3, 0.4) is 0 Å². The summed E-state index contributed by atoms with van der Waals surface area (Å²) in [6, 6.07) is 4.26. The van der Waals surface area contributed by atoms with Crippen LogP contribution in [0, 0.1) is 5.82 Å². The molecule has 0 fully saturated rings. The predicted molar refractivity (Wildman–Crippen MR) is 58.9 cm³/mol. The lowest BCUT2D eigenvalue weighted by Crippen LogP contribution is -2.37. The maximum atomic E-state index is 13.0. The van der Waals surface area contributed by atoms with Crippen LogP contribution in [0.4, 0.5) is 10.1 Å². The molecular weight excluding hydrogens is 209 g/mol. The molecule has 1 aliphatic rings. The standard InChI is InChI=1S/C12H14FNO2/c1-3-16-12(15)11-7-8-6-9(13)4-5-10(8)14(11)2/h4-6,11H,3,7H2,1-2H3. The predicted octanol–water partition coefficient (Wildman–Crippen LogP) is 1.75. The summed E-state index contributed by atoms with van der Waals surface area (Å²) in [6.45, 7) is 2.15. The minimum absolute atomic E-state index is 0.249. The topological polar surface area (TPSA) is 29.5 Å². The zero-order valence-electron chi connectivity index (χ0n) is 9.37. The lowest BCUT2D eigenvalue weighted by atomic mass is 10.1. The molecule has 0 saturated carbocycles. The van der Waals surface area contributed by atoms with E-state index < -0.39 is 0 Å². The highest BCUT2D eigenvalue weighted by Crippen LogP contribution is 2.31. The van der Waals surface area contributed by atoms with Crippen LogP contribution in [0.2, 0.25) is 0 Å². The van der Waals surface area contributed by atoms with E-state index in [0.29, 0.717) is 13.0 Å². The zero-order chi connectivity index (χ0) is 11.7. The van der Waals surface area contributed by atoms with Crippen molar-refractivity contribution in [2.45, 2.75) is 19.4 Å². The second-order valence-corrected chi connectivity index (χ2v) is 3.86. The van der Waals surface area contributed by atoms with Crippen LogP contribution in [-0.4, -0.2) is 25.7 Å². The highest BCUT2D eigenvalue weighted by molar-refractivity contribution is 5.83. The molecule has 3 nitrogen and oxygen atoms in total. The van der Waals surface area contributed by atoms with Gasteiger partial charge in [-0.1, -0.05) is 0 Å². The van der Waals surface area contributed by atoms with Crippen molar-refractivity contribution in [1.29, 1.82) is 0 Å². The molecule has 0 spiro atoms. The number of esters is 1. The van der Waals surface area contributed by atoms with Crippen LogP contribution in [-0.2, 0) is 16.0 Å². The molecule has 0 aromatic heterocycles. The number of likely N-dealkylation sites (N-methyl/N-ethyl adjacent to an activating group) is 1. The van der Waals surface area contributed by atoms with Crippen molar-refractivity contribution in [1.82, 2.24) is 0 Å². The third-order valence-electron chi connectivity index (χ3n) is 2.86. The fourth-order valence-corrected chi connectivity index (χ4v) is 2.05.